The second-order valence-electron chi connectivity index (χ2n) is 11.9. The van der Waals surface area contributed by atoms with Gasteiger partial charge in [-0.3, -0.25) is 0 Å². The molecule has 0 radical (unpaired) electrons. The summed E-state index contributed by atoms with van der Waals surface area (Å²) in [4.78, 5) is 47.1. The number of guanidine groups is 2. The number of carbonyl (C=O) groups is 4. The van der Waals surface area contributed by atoms with Gasteiger partial charge in [0.2, 0.25) is 0 Å². The lowest BCUT2D eigenvalue weighted by Crippen LogP contribution is -2.93. The average molecular weight is 765 g/mol. The van der Waals surface area contributed by atoms with Crippen LogP contribution in [0.2, 0.25) is 0 Å². The van der Waals surface area contributed by atoms with Crippen LogP contribution >= 0.6 is 0 Å². The van der Waals surface area contributed by atoms with Gasteiger partial charge in [-0.15, -0.1) is 0 Å². The molecule has 0 atom stereocenters. The Kier molecular flexibility index (Phi) is 16.1. The molecular formula is C32H44N8O10S2. The number of piperidine rings is 2. The lowest BCUT2D eigenvalue weighted by molar-refractivity contribution is -0.434. The highest BCUT2D eigenvalue weighted by Crippen LogP contribution is 2.30. The SMILES string of the molecule is CS(=O)(=O)c1cc(C(=O)[NH2+]C(=N)N)ccc1N1CCCCC1.CS(=O)(=O)c1cc(C(=O)[NH2+]C(=N)N)ccc1N1CCCCC1.O=C([O-])/C=C/C(=O)[O-]. The highest BCUT2D eigenvalue weighted by atomic mass is 32.2. The first-order valence-corrected chi connectivity index (χ1v) is 19.7. The van der Waals surface area contributed by atoms with Gasteiger partial charge in [-0.2, -0.15) is 0 Å². The van der Waals surface area contributed by atoms with Crippen LogP contribution in [0.1, 0.15) is 59.2 Å². The molecule has 18 nitrogen and oxygen atoms in total. The molecule has 2 aromatic rings. The summed E-state index contributed by atoms with van der Waals surface area (Å²) in [5.74, 6) is -4.74. The van der Waals surface area contributed by atoms with Gasteiger partial charge in [-0.1, -0.05) is 0 Å². The van der Waals surface area contributed by atoms with E-state index in [0.29, 0.717) is 23.5 Å². The molecule has 10 N–H and O–H groups in total. The van der Waals surface area contributed by atoms with Crippen molar-refractivity contribution in [1.82, 2.24) is 0 Å². The van der Waals surface area contributed by atoms with Crippen molar-refractivity contribution in [2.75, 3.05) is 48.5 Å². The third-order valence-electron chi connectivity index (χ3n) is 7.61. The van der Waals surface area contributed by atoms with E-state index in [4.69, 9.17) is 22.3 Å². The molecule has 2 aromatic carbocycles. The van der Waals surface area contributed by atoms with Crippen LogP contribution < -0.4 is 42.1 Å². The van der Waals surface area contributed by atoms with Gasteiger partial charge in [-0.25, -0.2) is 47.9 Å². The Bertz CT molecular complexity index is 1780. The van der Waals surface area contributed by atoms with E-state index in [1.807, 2.05) is 9.80 Å². The molecule has 0 bridgehead atoms. The number of quaternary nitrogens is 2. The van der Waals surface area contributed by atoms with E-state index < -0.39 is 43.4 Å². The molecular weight excluding hydrogens is 721 g/mol. The highest BCUT2D eigenvalue weighted by molar-refractivity contribution is 7.91. The first kappa shape index (κ1) is 43.0. The first-order chi connectivity index (χ1) is 24.2. The third kappa shape index (κ3) is 14.2. The van der Waals surface area contributed by atoms with E-state index in [-0.39, 0.29) is 32.8 Å². The molecule has 0 unspecified atom stereocenters. The molecule has 284 valence electrons. The number of nitrogens with two attached hydrogens (primary N) is 4. The molecule has 4 rings (SSSR count). The second-order valence-corrected chi connectivity index (χ2v) is 15.9. The van der Waals surface area contributed by atoms with Gasteiger partial charge in [-0.05, 0) is 87.1 Å². The number of hydrogen-bond acceptors (Lipinski definition) is 14. The lowest BCUT2D eigenvalue weighted by atomic mass is 10.1. The molecule has 2 heterocycles. The van der Waals surface area contributed by atoms with Crippen molar-refractivity contribution >= 4 is 66.7 Å². The molecule has 0 saturated carbocycles. The molecule has 2 saturated heterocycles. The Morgan fingerprint density at radius 3 is 1.19 bits per heavy atom. The van der Waals surface area contributed by atoms with Crippen LogP contribution in [0.4, 0.5) is 11.4 Å². The average Bonchev–Trinajstić information content (AvgIpc) is 3.07. The van der Waals surface area contributed by atoms with Gasteiger partial charge in [0, 0.05) is 38.7 Å². The minimum atomic E-state index is -3.46. The fraction of sp³-hybridized carbons (Fsp3) is 0.375. The summed E-state index contributed by atoms with van der Waals surface area (Å²) in [5, 5.41) is 35.0. The summed E-state index contributed by atoms with van der Waals surface area (Å²) in [5.41, 5.74) is 12.1. The molecule has 2 amide bonds. The molecule has 2 aliphatic rings. The lowest BCUT2D eigenvalue weighted by Gasteiger charge is -2.30. The van der Waals surface area contributed by atoms with Crippen molar-refractivity contribution in [3.8, 4) is 0 Å². The van der Waals surface area contributed by atoms with Gasteiger partial charge in [0.15, 0.2) is 19.7 Å². The van der Waals surface area contributed by atoms with Crippen molar-refractivity contribution in [1.29, 1.82) is 10.8 Å². The Morgan fingerprint density at radius 2 is 0.942 bits per heavy atom. The number of nitrogens with zero attached hydrogens (tertiary/aromatic N) is 2. The maximum Gasteiger partial charge on any atom is 0.350 e. The minimum absolute atomic E-state index is 0.150. The van der Waals surface area contributed by atoms with Crippen LogP contribution in [0.25, 0.3) is 0 Å². The predicted molar refractivity (Wildman–Crippen MR) is 187 cm³/mol. The number of carboxylic acids is 2. The number of benzene rings is 2. The van der Waals surface area contributed by atoms with E-state index in [1.165, 1.54) is 12.1 Å². The molecule has 20 heteroatoms. The van der Waals surface area contributed by atoms with E-state index in [2.05, 4.69) is 0 Å². The van der Waals surface area contributed by atoms with Gasteiger partial charge in [0.25, 0.3) is 11.9 Å². The zero-order chi connectivity index (χ0) is 39.2. The fourth-order valence-electron chi connectivity index (χ4n) is 5.31. The molecule has 0 aliphatic carbocycles. The van der Waals surface area contributed by atoms with Crippen LogP contribution in [-0.4, -0.2) is 91.2 Å². The smallest absolute Gasteiger partial charge is 0.350 e. The quantitative estimate of drug-likeness (QED) is 0.0860. The van der Waals surface area contributed by atoms with Crippen LogP contribution in [0.15, 0.2) is 58.3 Å². The second kappa shape index (κ2) is 19.4. The minimum Gasteiger partial charge on any atom is -0.545 e. The molecule has 52 heavy (non-hydrogen) atoms. The van der Waals surface area contributed by atoms with Gasteiger partial charge < -0.3 is 41.1 Å². The van der Waals surface area contributed by atoms with Crippen molar-refractivity contribution in [2.45, 2.75) is 48.3 Å². The van der Waals surface area contributed by atoms with Crippen LogP contribution in [-0.2, 0) is 29.3 Å². The summed E-state index contributed by atoms with van der Waals surface area (Å²) in [6.45, 7) is 3.26. The molecule has 0 aromatic heterocycles. The summed E-state index contributed by atoms with van der Waals surface area (Å²) in [6.07, 6.45) is 9.46. The first-order valence-electron chi connectivity index (χ1n) is 15.9. The summed E-state index contributed by atoms with van der Waals surface area (Å²) >= 11 is 0. The number of sulfone groups is 2. The summed E-state index contributed by atoms with van der Waals surface area (Å²) in [7, 11) is -6.92. The van der Waals surface area contributed by atoms with Gasteiger partial charge in [0.05, 0.1) is 44.2 Å². The number of aliphatic carboxylic acids is 2. The number of hydrogen-bond donors (Lipinski definition) is 6. The Hall–Kier alpha value is -5.18. The molecule has 2 fully saturated rings. The van der Waals surface area contributed by atoms with E-state index >= 15 is 0 Å². The third-order valence-corrected chi connectivity index (χ3v) is 9.86. The monoisotopic (exact) mass is 764 g/mol. The predicted octanol–water partition coefficient (Wildman–Crippen LogP) is -3.60. The van der Waals surface area contributed by atoms with E-state index in [1.54, 1.807) is 24.3 Å². The number of rotatable bonds is 8. The van der Waals surface area contributed by atoms with Crippen molar-refractivity contribution in [2.24, 2.45) is 11.5 Å². The zero-order valence-electron chi connectivity index (χ0n) is 28.8. The van der Waals surface area contributed by atoms with Crippen LogP contribution in [0.5, 0.6) is 0 Å². The van der Waals surface area contributed by atoms with Gasteiger partial charge in [0.1, 0.15) is 0 Å². The number of carboxylic acid groups (broad SMARTS) is 2. The van der Waals surface area contributed by atoms with E-state index in [9.17, 15) is 46.2 Å². The Balaban J connectivity index is 0.000000299. The standard InChI is InChI=1S/2C14H20N4O3S.C4H4O4/c2*1-22(20,21)12-9-10(13(19)17-14(15)16)5-6-11(12)18-7-3-2-4-8-18;5-3(6)1-2-4(7)8/h2*5-6,9H,2-4,7-8H2,1H3,(H4,15,16,17,19);1-2H,(H,5,6)(H,7,8)/b;;2-1+. The van der Waals surface area contributed by atoms with Gasteiger partial charge >= 0.3 is 11.8 Å². The number of primary amides is 2. The fourth-order valence-corrected chi connectivity index (χ4v) is 7.14. The molecule has 2 aliphatic heterocycles. The maximum absolute atomic E-state index is 12.1. The topological polar surface area (TPSA) is 322 Å². The van der Waals surface area contributed by atoms with Crippen molar-refractivity contribution < 1.29 is 56.9 Å². The highest BCUT2D eigenvalue weighted by Gasteiger charge is 2.25. The number of nitrogens with one attached hydrogen (secondary N) is 2. The largest absolute Gasteiger partial charge is 0.545 e. The number of amides is 2. The summed E-state index contributed by atoms with van der Waals surface area (Å²) in [6, 6.07) is 9.26. The van der Waals surface area contributed by atoms with E-state index in [0.717, 1.165) is 87.8 Å². The number of carbonyl (C=O) groups excluding carboxylic acids is 4. The molecule has 0 spiro atoms. The zero-order valence-corrected chi connectivity index (χ0v) is 30.4. The van der Waals surface area contributed by atoms with Crippen molar-refractivity contribution in [3.05, 3.63) is 59.7 Å². The van der Waals surface area contributed by atoms with Crippen molar-refractivity contribution in [3.63, 3.8) is 0 Å². The number of anilines is 2. The summed E-state index contributed by atoms with van der Waals surface area (Å²) < 4.78 is 48.3. The van der Waals surface area contributed by atoms with Crippen LogP contribution in [0.3, 0.4) is 0 Å². The Morgan fingerprint density at radius 1 is 0.635 bits per heavy atom. The normalized spacial score (nSPS) is 14.7. The Labute approximate surface area is 301 Å². The maximum atomic E-state index is 12.1. The van der Waals surface area contributed by atoms with Crippen LogP contribution in [0, 0.1) is 10.8 Å².